The number of hydrogen-bond donors (Lipinski definition) is 2. The quantitative estimate of drug-likeness (QED) is 0.682. The third kappa shape index (κ3) is 5.33. The molecule has 0 radical (unpaired) electrons. The molecule has 1 atom stereocenters. The Kier molecular flexibility index (Phi) is 6.22. The van der Waals surface area contributed by atoms with Crippen LogP contribution in [0, 0.1) is 5.92 Å². The fourth-order valence-corrected chi connectivity index (χ4v) is 1.65. The molecule has 1 rings (SSSR count). The molecule has 0 spiro atoms. The van der Waals surface area contributed by atoms with Crippen LogP contribution in [0.5, 0.6) is 0 Å². The molecule has 0 saturated carbocycles. The fraction of sp³-hybridized carbons (Fsp3) is 0.769. The van der Waals surface area contributed by atoms with Crippen molar-refractivity contribution in [2.24, 2.45) is 5.92 Å². The molecule has 1 aromatic heterocycles. The van der Waals surface area contributed by atoms with Gasteiger partial charge in [-0.1, -0.05) is 6.92 Å². The molecule has 1 unspecified atom stereocenters. The Labute approximate surface area is 104 Å². The van der Waals surface area contributed by atoms with E-state index in [1.54, 1.807) is 0 Å². The zero-order valence-electron chi connectivity index (χ0n) is 11.2. The summed E-state index contributed by atoms with van der Waals surface area (Å²) in [5.41, 5.74) is 1.23. The molecule has 0 fully saturated rings. The Morgan fingerprint density at radius 1 is 1.41 bits per heavy atom. The van der Waals surface area contributed by atoms with Crippen molar-refractivity contribution in [2.75, 3.05) is 13.2 Å². The van der Waals surface area contributed by atoms with Gasteiger partial charge in [0.25, 0.3) is 0 Å². The van der Waals surface area contributed by atoms with Gasteiger partial charge in [-0.2, -0.15) is 5.10 Å². The van der Waals surface area contributed by atoms with E-state index in [2.05, 4.69) is 37.4 Å². The number of nitrogens with one attached hydrogen (secondary N) is 1. The van der Waals surface area contributed by atoms with E-state index in [0.717, 1.165) is 25.9 Å². The molecule has 0 aliphatic rings. The average molecular weight is 239 g/mol. The van der Waals surface area contributed by atoms with Gasteiger partial charge in [0.15, 0.2) is 0 Å². The van der Waals surface area contributed by atoms with Crippen LogP contribution < -0.4 is 5.32 Å². The Hall–Kier alpha value is -0.870. The van der Waals surface area contributed by atoms with Crippen molar-refractivity contribution in [3.8, 4) is 0 Å². The summed E-state index contributed by atoms with van der Waals surface area (Å²) in [6.45, 7) is 8.49. The Morgan fingerprint density at radius 2 is 2.18 bits per heavy atom. The summed E-state index contributed by atoms with van der Waals surface area (Å²) in [7, 11) is 0. The molecule has 4 heteroatoms. The van der Waals surface area contributed by atoms with Gasteiger partial charge in [-0.05, 0) is 39.2 Å². The first-order valence-electron chi connectivity index (χ1n) is 6.48. The second-order valence-electron chi connectivity index (χ2n) is 5.03. The normalized spacial score (nSPS) is 13.2. The molecule has 1 heterocycles. The van der Waals surface area contributed by atoms with Crippen LogP contribution in [0.25, 0.3) is 0 Å². The molecule has 0 amide bonds. The molecule has 4 nitrogen and oxygen atoms in total. The van der Waals surface area contributed by atoms with Crippen LogP contribution in [-0.2, 0) is 6.54 Å². The summed E-state index contributed by atoms with van der Waals surface area (Å²) in [6, 6.07) is 0.425. The lowest BCUT2D eigenvalue weighted by Crippen LogP contribution is -2.15. The third-order valence-electron chi connectivity index (χ3n) is 2.88. The van der Waals surface area contributed by atoms with Crippen molar-refractivity contribution < 1.29 is 5.11 Å². The summed E-state index contributed by atoms with van der Waals surface area (Å²) >= 11 is 0. The van der Waals surface area contributed by atoms with Gasteiger partial charge < -0.3 is 10.4 Å². The van der Waals surface area contributed by atoms with Gasteiger partial charge in [-0.3, -0.25) is 4.68 Å². The number of hydrogen-bond acceptors (Lipinski definition) is 3. The number of aliphatic hydroxyl groups is 1. The highest BCUT2D eigenvalue weighted by Crippen LogP contribution is 2.05. The molecule has 0 aliphatic heterocycles. The van der Waals surface area contributed by atoms with Gasteiger partial charge in [-0.15, -0.1) is 0 Å². The number of aromatic nitrogens is 2. The van der Waals surface area contributed by atoms with Crippen molar-refractivity contribution in [3.05, 3.63) is 18.0 Å². The monoisotopic (exact) mass is 239 g/mol. The fourth-order valence-electron chi connectivity index (χ4n) is 1.65. The summed E-state index contributed by atoms with van der Waals surface area (Å²) in [4.78, 5) is 0. The first-order valence-corrected chi connectivity index (χ1v) is 6.48. The molecular formula is C13H25N3O. The summed E-state index contributed by atoms with van der Waals surface area (Å²) in [5.74, 6) is 0.417. The summed E-state index contributed by atoms with van der Waals surface area (Å²) in [6.07, 6.45) is 6.20. The van der Waals surface area contributed by atoms with Gasteiger partial charge in [0.2, 0.25) is 0 Å². The minimum absolute atomic E-state index is 0.293. The van der Waals surface area contributed by atoms with E-state index in [9.17, 15) is 0 Å². The number of nitrogens with zero attached hydrogens (tertiary/aromatic N) is 2. The van der Waals surface area contributed by atoms with Crippen LogP contribution in [-0.4, -0.2) is 28.0 Å². The van der Waals surface area contributed by atoms with Crippen molar-refractivity contribution in [1.82, 2.24) is 15.1 Å². The van der Waals surface area contributed by atoms with E-state index >= 15 is 0 Å². The largest absolute Gasteiger partial charge is 0.396 e. The predicted octanol–water partition coefficient (Wildman–Crippen LogP) is 1.96. The Balaban J connectivity index is 2.13. The summed E-state index contributed by atoms with van der Waals surface area (Å²) < 4.78 is 1.98. The van der Waals surface area contributed by atoms with Gasteiger partial charge in [0.1, 0.15) is 0 Å². The van der Waals surface area contributed by atoms with Gasteiger partial charge in [0, 0.05) is 31.0 Å². The van der Waals surface area contributed by atoms with E-state index in [1.165, 1.54) is 5.56 Å². The molecule has 1 aromatic rings. The maximum Gasteiger partial charge on any atom is 0.0534 e. The van der Waals surface area contributed by atoms with Gasteiger partial charge >= 0.3 is 0 Å². The smallest absolute Gasteiger partial charge is 0.0534 e. The van der Waals surface area contributed by atoms with Crippen LogP contribution in [0.3, 0.4) is 0 Å². The lowest BCUT2D eigenvalue weighted by atomic mass is 10.1. The minimum Gasteiger partial charge on any atom is -0.396 e. The van der Waals surface area contributed by atoms with E-state index in [1.807, 2.05) is 10.9 Å². The van der Waals surface area contributed by atoms with Crippen LogP contribution >= 0.6 is 0 Å². The minimum atomic E-state index is 0.293. The molecule has 2 N–H and O–H groups in total. The van der Waals surface area contributed by atoms with Crippen LogP contribution in [0.2, 0.25) is 0 Å². The number of aliphatic hydroxyl groups excluding tert-OH is 1. The molecule has 0 aliphatic carbocycles. The molecule has 0 saturated heterocycles. The zero-order valence-corrected chi connectivity index (χ0v) is 11.2. The number of rotatable bonds is 8. The maximum absolute atomic E-state index is 8.89. The standard InChI is InChI=1S/C13H25N3O/c1-11(2)16-9-13(8-15-16)7-14-6-4-5-12(3)10-17/h8-9,11-12,14,17H,4-7,10H2,1-3H3. The van der Waals surface area contributed by atoms with Crippen molar-refractivity contribution in [2.45, 2.75) is 46.2 Å². The molecule has 0 aromatic carbocycles. The second-order valence-corrected chi connectivity index (χ2v) is 5.03. The lowest BCUT2D eigenvalue weighted by molar-refractivity contribution is 0.228. The van der Waals surface area contributed by atoms with E-state index < -0.39 is 0 Å². The Bertz CT molecular complexity index is 309. The highest BCUT2D eigenvalue weighted by molar-refractivity contribution is 5.03. The first-order chi connectivity index (χ1) is 8.13. The molecular weight excluding hydrogens is 214 g/mol. The topological polar surface area (TPSA) is 50.1 Å². The lowest BCUT2D eigenvalue weighted by Gasteiger charge is -2.07. The molecule has 17 heavy (non-hydrogen) atoms. The van der Waals surface area contributed by atoms with Crippen molar-refractivity contribution in [3.63, 3.8) is 0 Å². The van der Waals surface area contributed by atoms with Gasteiger partial charge in [-0.25, -0.2) is 0 Å². The highest BCUT2D eigenvalue weighted by Gasteiger charge is 2.02. The highest BCUT2D eigenvalue weighted by atomic mass is 16.3. The third-order valence-corrected chi connectivity index (χ3v) is 2.88. The Morgan fingerprint density at radius 3 is 2.76 bits per heavy atom. The van der Waals surface area contributed by atoms with Crippen LogP contribution in [0.4, 0.5) is 0 Å². The van der Waals surface area contributed by atoms with Crippen molar-refractivity contribution in [1.29, 1.82) is 0 Å². The summed E-state index contributed by atoms with van der Waals surface area (Å²) in [5, 5.41) is 16.6. The predicted molar refractivity (Wildman–Crippen MR) is 69.8 cm³/mol. The van der Waals surface area contributed by atoms with Crippen LogP contribution in [0.15, 0.2) is 12.4 Å². The maximum atomic E-state index is 8.89. The van der Waals surface area contributed by atoms with E-state index in [4.69, 9.17) is 5.11 Å². The van der Waals surface area contributed by atoms with Crippen molar-refractivity contribution >= 4 is 0 Å². The zero-order chi connectivity index (χ0) is 12.7. The first kappa shape index (κ1) is 14.2. The molecule has 0 bridgehead atoms. The van der Waals surface area contributed by atoms with Gasteiger partial charge in [0.05, 0.1) is 6.20 Å². The van der Waals surface area contributed by atoms with E-state index in [0.29, 0.717) is 18.6 Å². The SMILES string of the molecule is CC(CO)CCCNCc1cnn(C(C)C)c1. The average Bonchev–Trinajstić information content (AvgIpc) is 2.77. The van der Waals surface area contributed by atoms with E-state index in [-0.39, 0.29) is 0 Å². The second kappa shape index (κ2) is 7.45. The molecule has 98 valence electrons. The van der Waals surface area contributed by atoms with Crippen LogP contribution in [0.1, 0.15) is 45.2 Å².